The Morgan fingerprint density at radius 1 is 1.30 bits per heavy atom. The lowest BCUT2D eigenvalue weighted by molar-refractivity contribution is 0.0639. The highest BCUT2D eigenvalue weighted by molar-refractivity contribution is 6.30. The Bertz CT molecular complexity index is 543. The van der Waals surface area contributed by atoms with Crippen LogP contribution in [0.4, 0.5) is 10.5 Å². The third-order valence-corrected chi connectivity index (χ3v) is 2.73. The first-order valence-electron chi connectivity index (χ1n) is 6.21. The molecule has 0 aliphatic heterocycles. The number of carbonyl (C=O) groups is 1. The molecule has 1 heterocycles. The third kappa shape index (κ3) is 4.95. The summed E-state index contributed by atoms with van der Waals surface area (Å²) in [7, 11) is 0. The molecule has 1 aromatic carbocycles. The van der Waals surface area contributed by atoms with Gasteiger partial charge in [0.05, 0.1) is 12.9 Å². The van der Waals surface area contributed by atoms with E-state index in [2.05, 4.69) is 10.8 Å². The molecule has 0 saturated heterocycles. The van der Waals surface area contributed by atoms with E-state index in [-0.39, 0.29) is 0 Å². The molecule has 2 N–H and O–H groups in total. The largest absolute Gasteiger partial charge is 0.469 e. The summed E-state index contributed by atoms with van der Waals surface area (Å²) in [6.45, 7) is 0.406. The van der Waals surface area contributed by atoms with Gasteiger partial charge in [-0.05, 0) is 36.8 Å². The van der Waals surface area contributed by atoms with Crippen molar-refractivity contribution in [2.24, 2.45) is 0 Å². The number of hydroxylamine groups is 1. The van der Waals surface area contributed by atoms with Crippen molar-refractivity contribution in [1.29, 1.82) is 0 Å². The van der Waals surface area contributed by atoms with Crippen LogP contribution in [-0.4, -0.2) is 12.6 Å². The van der Waals surface area contributed by atoms with Gasteiger partial charge in [0, 0.05) is 17.1 Å². The van der Waals surface area contributed by atoms with Gasteiger partial charge in [-0.3, -0.25) is 4.84 Å². The fraction of sp³-hybridized carbons (Fsp3) is 0.214. The van der Waals surface area contributed by atoms with Gasteiger partial charge in [0.15, 0.2) is 0 Å². The minimum atomic E-state index is -0.440. The number of nitrogens with one attached hydrogen (secondary N) is 2. The van der Waals surface area contributed by atoms with Gasteiger partial charge in [-0.2, -0.15) is 0 Å². The molecule has 106 valence electrons. The molecule has 20 heavy (non-hydrogen) atoms. The zero-order valence-corrected chi connectivity index (χ0v) is 11.5. The topological polar surface area (TPSA) is 63.5 Å². The van der Waals surface area contributed by atoms with Gasteiger partial charge in [0.25, 0.3) is 0 Å². The van der Waals surface area contributed by atoms with E-state index in [4.69, 9.17) is 20.9 Å². The molecule has 0 aliphatic carbocycles. The lowest BCUT2D eigenvalue weighted by Gasteiger charge is -2.07. The Balaban J connectivity index is 1.60. The monoisotopic (exact) mass is 294 g/mol. The molecule has 0 fully saturated rings. The van der Waals surface area contributed by atoms with Gasteiger partial charge in [0.2, 0.25) is 0 Å². The highest BCUT2D eigenvalue weighted by Gasteiger charge is 2.02. The molecule has 0 unspecified atom stereocenters. The predicted octanol–water partition coefficient (Wildman–Crippen LogP) is 3.62. The molecular formula is C14H15ClN2O3. The van der Waals surface area contributed by atoms with Crippen molar-refractivity contribution in [2.45, 2.75) is 12.8 Å². The quantitative estimate of drug-likeness (QED) is 0.632. The number of rotatable bonds is 6. The van der Waals surface area contributed by atoms with E-state index >= 15 is 0 Å². The maximum absolute atomic E-state index is 11.5. The van der Waals surface area contributed by atoms with Crippen LogP contribution in [0.5, 0.6) is 0 Å². The van der Waals surface area contributed by atoms with Crippen LogP contribution in [0.1, 0.15) is 12.2 Å². The highest BCUT2D eigenvalue weighted by atomic mass is 35.5. The van der Waals surface area contributed by atoms with Crippen LogP contribution in [0, 0.1) is 0 Å². The van der Waals surface area contributed by atoms with E-state index in [9.17, 15) is 4.79 Å². The molecule has 2 aromatic rings. The van der Waals surface area contributed by atoms with Gasteiger partial charge >= 0.3 is 6.03 Å². The summed E-state index contributed by atoms with van der Waals surface area (Å²) in [5.74, 6) is 0.900. The number of hydrogen-bond acceptors (Lipinski definition) is 3. The summed E-state index contributed by atoms with van der Waals surface area (Å²) in [6.07, 6.45) is 3.16. The molecule has 0 atom stereocenters. The van der Waals surface area contributed by atoms with Crippen molar-refractivity contribution in [3.63, 3.8) is 0 Å². The standard InChI is InChI=1S/C14H15ClN2O3/c15-11-4-1-5-12(10-11)16-14(18)17-20-9-3-7-13-6-2-8-19-13/h1-2,4-6,8,10H,3,7,9H2,(H2,16,17,18). The molecule has 2 amide bonds. The lowest BCUT2D eigenvalue weighted by atomic mass is 10.3. The fourth-order valence-electron chi connectivity index (χ4n) is 1.61. The van der Waals surface area contributed by atoms with Crippen LogP contribution < -0.4 is 10.8 Å². The SMILES string of the molecule is O=C(NOCCCc1ccco1)Nc1cccc(Cl)c1. The van der Waals surface area contributed by atoms with E-state index in [0.717, 1.165) is 18.6 Å². The van der Waals surface area contributed by atoms with Crippen molar-refractivity contribution >= 4 is 23.3 Å². The van der Waals surface area contributed by atoms with Crippen LogP contribution in [-0.2, 0) is 11.3 Å². The van der Waals surface area contributed by atoms with Gasteiger partial charge in [-0.25, -0.2) is 10.3 Å². The van der Waals surface area contributed by atoms with E-state index in [1.807, 2.05) is 12.1 Å². The van der Waals surface area contributed by atoms with Crippen molar-refractivity contribution in [2.75, 3.05) is 11.9 Å². The number of hydrogen-bond donors (Lipinski definition) is 2. The Kier molecular flexibility index (Phi) is 5.46. The second kappa shape index (κ2) is 7.57. The molecule has 1 aromatic heterocycles. The Labute approximate surface area is 121 Å². The maximum atomic E-state index is 11.5. The van der Waals surface area contributed by atoms with Gasteiger partial charge in [-0.1, -0.05) is 17.7 Å². The molecule has 0 spiro atoms. The fourth-order valence-corrected chi connectivity index (χ4v) is 1.80. The number of carbonyl (C=O) groups excluding carboxylic acids is 1. The average molecular weight is 295 g/mol. The minimum absolute atomic E-state index is 0.406. The van der Waals surface area contributed by atoms with Crippen LogP contribution in [0.2, 0.25) is 5.02 Å². The van der Waals surface area contributed by atoms with Crippen molar-refractivity contribution in [3.05, 3.63) is 53.4 Å². The van der Waals surface area contributed by atoms with E-state index in [0.29, 0.717) is 17.3 Å². The van der Waals surface area contributed by atoms with Crippen LogP contribution in [0.3, 0.4) is 0 Å². The number of anilines is 1. The van der Waals surface area contributed by atoms with Crippen LogP contribution in [0.25, 0.3) is 0 Å². The number of benzene rings is 1. The Hall–Kier alpha value is -1.98. The predicted molar refractivity (Wildman–Crippen MR) is 76.6 cm³/mol. The lowest BCUT2D eigenvalue weighted by Crippen LogP contribution is -2.29. The number of halogens is 1. The summed E-state index contributed by atoms with van der Waals surface area (Å²) >= 11 is 5.81. The average Bonchev–Trinajstić information content (AvgIpc) is 2.91. The first-order valence-corrected chi connectivity index (χ1v) is 6.58. The number of urea groups is 1. The summed E-state index contributed by atoms with van der Waals surface area (Å²) in [5.41, 5.74) is 2.91. The molecule has 0 saturated carbocycles. The van der Waals surface area contributed by atoms with Crippen LogP contribution in [0.15, 0.2) is 47.1 Å². The van der Waals surface area contributed by atoms with E-state index in [1.54, 1.807) is 30.5 Å². The molecule has 6 heteroatoms. The molecule has 0 aliphatic rings. The van der Waals surface area contributed by atoms with Gasteiger partial charge in [-0.15, -0.1) is 0 Å². The molecule has 5 nitrogen and oxygen atoms in total. The van der Waals surface area contributed by atoms with E-state index < -0.39 is 6.03 Å². The second-order valence-electron chi connectivity index (χ2n) is 4.10. The maximum Gasteiger partial charge on any atom is 0.343 e. The van der Waals surface area contributed by atoms with Crippen molar-refractivity contribution in [3.8, 4) is 0 Å². The molecular weight excluding hydrogens is 280 g/mol. The van der Waals surface area contributed by atoms with Crippen molar-refractivity contribution in [1.82, 2.24) is 5.48 Å². The normalized spacial score (nSPS) is 10.2. The molecule has 0 bridgehead atoms. The zero-order chi connectivity index (χ0) is 14.2. The van der Waals surface area contributed by atoms with Crippen LogP contribution >= 0.6 is 11.6 Å². The number of aryl methyl sites for hydroxylation is 1. The van der Waals surface area contributed by atoms with Gasteiger partial charge in [0.1, 0.15) is 5.76 Å². The number of amides is 2. The first kappa shape index (κ1) is 14.4. The Morgan fingerprint density at radius 2 is 2.20 bits per heavy atom. The summed E-state index contributed by atoms with van der Waals surface area (Å²) in [6, 6.07) is 10.2. The summed E-state index contributed by atoms with van der Waals surface area (Å²) < 4.78 is 5.18. The molecule has 0 radical (unpaired) electrons. The highest BCUT2D eigenvalue weighted by Crippen LogP contribution is 2.14. The van der Waals surface area contributed by atoms with E-state index in [1.165, 1.54) is 0 Å². The summed E-state index contributed by atoms with van der Waals surface area (Å²) in [5, 5.41) is 3.17. The summed E-state index contributed by atoms with van der Waals surface area (Å²) in [4.78, 5) is 16.6. The van der Waals surface area contributed by atoms with Crippen molar-refractivity contribution < 1.29 is 14.0 Å². The molecule has 2 rings (SSSR count). The number of furan rings is 1. The zero-order valence-electron chi connectivity index (χ0n) is 10.8. The third-order valence-electron chi connectivity index (χ3n) is 2.50. The Morgan fingerprint density at radius 3 is 2.95 bits per heavy atom. The van der Waals surface area contributed by atoms with Gasteiger partial charge < -0.3 is 9.73 Å². The first-order chi connectivity index (χ1) is 9.74. The smallest absolute Gasteiger partial charge is 0.343 e. The minimum Gasteiger partial charge on any atom is -0.469 e. The second-order valence-corrected chi connectivity index (χ2v) is 4.53.